The molecule has 0 atom stereocenters. The van der Waals surface area contributed by atoms with Crippen molar-refractivity contribution in [1.29, 1.82) is 0 Å². The van der Waals surface area contributed by atoms with Gasteiger partial charge in [-0.3, -0.25) is 4.68 Å². The van der Waals surface area contributed by atoms with Gasteiger partial charge in [0.1, 0.15) is 4.88 Å². The normalized spacial score (nSPS) is 10.8. The topological polar surface area (TPSA) is 76.4 Å². The van der Waals surface area contributed by atoms with Crippen LogP contribution in [-0.2, 0) is 20.1 Å². The number of aromatic nitrogens is 2. The number of nitrogens with zero attached hydrogens (tertiary/aromatic N) is 2. The Morgan fingerprint density at radius 1 is 1.50 bits per heavy atom. The average Bonchev–Trinajstić information content (AvgIpc) is 2.93. The predicted molar refractivity (Wildman–Crippen MR) is 76.3 cm³/mol. The molecule has 2 aromatic rings. The third-order valence-electron chi connectivity index (χ3n) is 2.92. The first kappa shape index (κ1) is 14.5. The summed E-state index contributed by atoms with van der Waals surface area (Å²) in [4.78, 5) is 12.3. The molecular formula is C13H17N3O3S. The van der Waals surface area contributed by atoms with E-state index >= 15 is 0 Å². The lowest BCUT2D eigenvalue weighted by molar-refractivity contribution is 0.0702. The number of aryl methyl sites for hydroxylation is 2. The van der Waals surface area contributed by atoms with Gasteiger partial charge in [-0.25, -0.2) is 4.79 Å². The van der Waals surface area contributed by atoms with Gasteiger partial charge in [0, 0.05) is 36.8 Å². The summed E-state index contributed by atoms with van der Waals surface area (Å²) in [5.41, 5.74) is 1.98. The molecule has 108 valence electrons. The first-order chi connectivity index (χ1) is 9.51. The summed E-state index contributed by atoms with van der Waals surface area (Å²) < 4.78 is 6.88. The zero-order chi connectivity index (χ0) is 14.7. The number of hydrogen-bond donors (Lipinski definition) is 2. The standard InChI is InChI=1S/C13H17N3O3S/c1-8-9(4-11(20-8)13(17)18)5-14-6-10-7-16(2)15-12(10)19-3/h4,7,14H,5-6H2,1-3H3,(H,17,18). The Bertz CT molecular complexity index is 618. The molecule has 2 rings (SSSR count). The van der Waals surface area contributed by atoms with Crippen LogP contribution in [0.2, 0.25) is 0 Å². The number of carboxylic acid groups (broad SMARTS) is 1. The van der Waals surface area contributed by atoms with Crippen LogP contribution in [-0.4, -0.2) is 28.0 Å². The van der Waals surface area contributed by atoms with Gasteiger partial charge in [0.05, 0.1) is 7.11 Å². The molecule has 0 aliphatic carbocycles. The van der Waals surface area contributed by atoms with Gasteiger partial charge in [0.15, 0.2) is 0 Å². The summed E-state index contributed by atoms with van der Waals surface area (Å²) in [6, 6.07) is 1.72. The first-order valence-corrected chi connectivity index (χ1v) is 6.92. The van der Waals surface area contributed by atoms with Crippen molar-refractivity contribution in [3.05, 3.63) is 33.1 Å². The van der Waals surface area contributed by atoms with Crippen molar-refractivity contribution in [2.45, 2.75) is 20.0 Å². The highest BCUT2D eigenvalue weighted by Crippen LogP contribution is 2.22. The van der Waals surface area contributed by atoms with Crippen LogP contribution < -0.4 is 10.1 Å². The van der Waals surface area contributed by atoms with E-state index in [0.29, 0.717) is 23.8 Å². The number of rotatable bonds is 6. The van der Waals surface area contributed by atoms with Gasteiger partial charge >= 0.3 is 5.97 Å². The Balaban J connectivity index is 1.97. The highest BCUT2D eigenvalue weighted by molar-refractivity contribution is 7.14. The molecule has 0 bridgehead atoms. The molecule has 0 aromatic carbocycles. The SMILES string of the molecule is COc1nn(C)cc1CNCc1cc(C(=O)O)sc1C. The zero-order valence-electron chi connectivity index (χ0n) is 11.6. The molecule has 7 heteroatoms. The van der Waals surface area contributed by atoms with Crippen molar-refractivity contribution >= 4 is 17.3 Å². The van der Waals surface area contributed by atoms with Gasteiger partial charge in [-0.2, -0.15) is 0 Å². The van der Waals surface area contributed by atoms with E-state index in [1.807, 2.05) is 20.2 Å². The summed E-state index contributed by atoms with van der Waals surface area (Å²) in [7, 11) is 3.43. The lowest BCUT2D eigenvalue weighted by Gasteiger charge is -2.04. The Hall–Kier alpha value is -1.86. The highest BCUT2D eigenvalue weighted by Gasteiger charge is 2.11. The smallest absolute Gasteiger partial charge is 0.345 e. The Kier molecular flexibility index (Phi) is 4.41. The summed E-state index contributed by atoms with van der Waals surface area (Å²) in [6.07, 6.45) is 1.90. The lowest BCUT2D eigenvalue weighted by atomic mass is 10.2. The van der Waals surface area contributed by atoms with Crippen LogP contribution in [0.4, 0.5) is 0 Å². The first-order valence-electron chi connectivity index (χ1n) is 6.11. The molecule has 2 heterocycles. The Morgan fingerprint density at radius 3 is 2.80 bits per heavy atom. The fraction of sp³-hybridized carbons (Fsp3) is 0.385. The van der Waals surface area contributed by atoms with Crippen molar-refractivity contribution in [2.24, 2.45) is 7.05 Å². The van der Waals surface area contributed by atoms with E-state index in [4.69, 9.17) is 9.84 Å². The second-order valence-electron chi connectivity index (χ2n) is 4.44. The number of hydrogen-bond acceptors (Lipinski definition) is 5. The minimum atomic E-state index is -0.877. The maximum absolute atomic E-state index is 10.9. The number of carboxylic acids is 1. The van der Waals surface area contributed by atoms with Crippen molar-refractivity contribution in [2.75, 3.05) is 7.11 Å². The largest absolute Gasteiger partial charge is 0.480 e. The molecule has 0 unspecified atom stereocenters. The van der Waals surface area contributed by atoms with E-state index in [-0.39, 0.29) is 0 Å². The third-order valence-corrected chi connectivity index (χ3v) is 4.00. The van der Waals surface area contributed by atoms with E-state index in [1.165, 1.54) is 11.3 Å². The van der Waals surface area contributed by atoms with Crippen LogP contribution in [0.5, 0.6) is 5.88 Å². The summed E-state index contributed by atoms with van der Waals surface area (Å²) in [6.45, 7) is 3.17. The molecule has 0 spiro atoms. The molecular weight excluding hydrogens is 278 g/mol. The molecule has 0 aliphatic rings. The maximum Gasteiger partial charge on any atom is 0.345 e. The van der Waals surface area contributed by atoms with E-state index in [9.17, 15) is 4.79 Å². The molecule has 6 nitrogen and oxygen atoms in total. The van der Waals surface area contributed by atoms with E-state index in [1.54, 1.807) is 17.9 Å². The fourth-order valence-electron chi connectivity index (χ4n) is 1.94. The van der Waals surface area contributed by atoms with E-state index in [2.05, 4.69) is 10.4 Å². The number of carbonyl (C=O) groups is 1. The number of ether oxygens (including phenoxy) is 1. The quantitative estimate of drug-likeness (QED) is 0.849. The van der Waals surface area contributed by atoms with Crippen molar-refractivity contribution in [3.8, 4) is 5.88 Å². The van der Waals surface area contributed by atoms with Gasteiger partial charge in [-0.1, -0.05) is 0 Å². The number of methoxy groups -OCH3 is 1. The van der Waals surface area contributed by atoms with Gasteiger partial charge in [-0.15, -0.1) is 16.4 Å². The summed E-state index contributed by atoms with van der Waals surface area (Å²) in [5, 5.41) is 16.4. The van der Waals surface area contributed by atoms with Gasteiger partial charge in [-0.05, 0) is 18.6 Å². The minimum absolute atomic E-state index is 0.373. The Labute approximate surface area is 121 Å². The van der Waals surface area contributed by atoms with Crippen LogP contribution in [0.3, 0.4) is 0 Å². The van der Waals surface area contributed by atoms with Crippen molar-refractivity contribution in [1.82, 2.24) is 15.1 Å². The van der Waals surface area contributed by atoms with Crippen LogP contribution in [0.15, 0.2) is 12.3 Å². The second kappa shape index (κ2) is 6.06. The average molecular weight is 295 g/mol. The third kappa shape index (κ3) is 3.17. The van der Waals surface area contributed by atoms with E-state index in [0.717, 1.165) is 16.0 Å². The molecule has 0 fully saturated rings. The maximum atomic E-state index is 10.9. The molecule has 0 radical (unpaired) electrons. The van der Waals surface area contributed by atoms with Gasteiger partial charge in [0.2, 0.25) is 5.88 Å². The molecule has 0 aliphatic heterocycles. The molecule has 2 N–H and O–H groups in total. The summed E-state index contributed by atoms with van der Waals surface area (Å²) >= 11 is 1.30. The zero-order valence-corrected chi connectivity index (χ0v) is 12.5. The highest BCUT2D eigenvalue weighted by atomic mass is 32.1. The lowest BCUT2D eigenvalue weighted by Crippen LogP contribution is -2.13. The predicted octanol–water partition coefficient (Wildman–Crippen LogP) is 1.79. The van der Waals surface area contributed by atoms with Crippen molar-refractivity contribution in [3.63, 3.8) is 0 Å². The van der Waals surface area contributed by atoms with Crippen LogP contribution in [0.25, 0.3) is 0 Å². The van der Waals surface area contributed by atoms with E-state index < -0.39 is 5.97 Å². The Morgan fingerprint density at radius 2 is 2.20 bits per heavy atom. The molecule has 2 aromatic heterocycles. The second-order valence-corrected chi connectivity index (χ2v) is 5.69. The minimum Gasteiger partial charge on any atom is -0.480 e. The number of thiophene rings is 1. The summed E-state index contributed by atoms with van der Waals surface area (Å²) in [5.74, 6) is -0.272. The van der Waals surface area contributed by atoms with Gasteiger partial charge < -0.3 is 15.2 Å². The van der Waals surface area contributed by atoms with Crippen LogP contribution in [0.1, 0.15) is 25.7 Å². The molecule has 0 amide bonds. The van der Waals surface area contributed by atoms with Crippen molar-refractivity contribution < 1.29 is 14.6 Å². The molecule has 20 heavy (non-hydrogen) atoms. The molecule has 0 saturated carbocycles. The fourth-order valence-corrected chi connectivity index (χ4v) is 2.82. The number of aromatic carboxylic acids is 1. The van der Waals surface area contributed by atoms with Crippen LogP contribution in [0, 0.1) is 6.92 Å². The van der Waals surface area contributed by atoms with Crippen LogP contribution >= 0.6 is 11.3 Å². The number of nitrogens with one attached hydrogen (secondary N) is 1. The van der Waals surface area contributed by atoms with Gasteiger partial charge in [0.25, 0.3) is 0 Å². The monoisotopic (exact) mass is 295 g/mol. The molecule has 0 saturated heterocycles.